The molecule has 3 heteroatoms. The second-order valence-electron chi connectivity index (χ2n) is 6.71. The molecule has 3 aromatic rings. The van der Waals surface area contributed by atoms with Crippen molar-refractivity contribution < 1.29 is 0 Å². The molecule has 3 rings (SSSR count). The third kappa shape index (κ3) is 3.33. The number of hydrogen-bond acceptors (Lipinski definition) is 2. The summed E-state index contributed by atoms with van der Waals surface area (Å²) in [6.45, 7) is 17.8. The Labute approximate surface area is 162 Å². The van der Waals surface area contributed by atoms with E-state index in [4.69, 9.17) is 0 Å². The van der Waals surface area contributed by atoms with Gasteiger partial charge < -0.3 is 9.47 Å². The smallest absolute Gasteiger partial charge is 0.132 e. The van der Waals surface area contributed by atoms with E-state index < -0.39 is 0 Å². The van der Waals surface area contributed by atoms with E-state index in [0.29, 0.717) is 0 Å². The van der Waals surface area contributed by atoms with Gasteiger partial charge in [-0.2, -0.15) is 0 Å². The Kier molecular flexibility index (Phi) is 5.31. The molecule has 2 aromatic heterocycles. The van der Waals surface area contributed by atoms with Crippen LogP contribution >= 0.6 is 0 Å². The third-order valence-corrected chi connectivity index (χ3v) is 5.04. The number of benzene rings is 1. The molecule has 0 fully saturated rings. The molecule has 0 N–H and O–H groups in total. The summed E-state index contributed by atoms with van der Waals surface area (Å²) in [5, 5.41) is 0. The zero-order chi connectivity index (χ0) is 19.6. The van der Waals surface area contributed by atoms with Crippen molar-refractivity contribution in [3.05, 3.63) is 89.9 Å². The maximum atomic E-state index is 4.51. The highest BCUT2D eigenvalue weighted by Crippen LogP contribution is 2.34. The van der Waals surface area contributed by atoms with Gasteiger partial charge in [-0.05, 0) is 52.0 Å². The average Bonchev–Trinajstić information content (AvgIpc) is 2.93. The first-order valence-corrected chi connectivity index (χ1v) is 9.28. The van der Waals surface area contributed by atoms with Crippen molar-refractivity contribution in [3.8, 4) is 5.69 Å². The molecular weight excluding hydrogens is 330 g/mol. The van der Waals surface area contributed by atoms with Gasteiger partial charge in [-0.25, -0.2) is 4.98 Å². The summed E-state index contributed by atoms with van der Waals surface area (Å²) in [4.78, 5) is 6.66. The van der Waals surface area contributed by atoms with Gasteiger partial charge in [0.15, 0.2) is 0 Å². The highest BCUT2D eigenvalue weighted by molar-refractivity contribution is 5.84. The lowest BCUT2D eigenvalue weighted by Gasteiger charge is -2.25. The Bertz CT molecular complexity index is 963. The Morgan fingerprint density at radius 3 is 2.33 bits per heavy atom. The van der Waals surface area contributed by atoms with Gasteiger partial charge in [0, 0.05) is 46.6 Å². The summed E-state index contributed by atoms with van der Waals surface area (Å²) < 4.78 is 2.28. The van der Waals surface area contributed by atoms with E-state index in [1.165, 1.54) is 11.3 Å². The van der Waals surface area contributed by atoms with E-state index in [2.05, 4.69) is 79.6 Å². The summed E-state index contributed by atoms with van der Waals surface area (Å²) in [6.07, 6.45) is 3.75. The van der Waals surface area contributed by atoms with Crippen LogP contribution in [0.1, 0.15) is 35.0 Å². The summed E-state index contributed by atoms with van der Waals surface area (Å²) >= 11 is 0. The molecule has 0 bridgehead atoms. The van der Waals surface area contributed by atoms with Crippen LogP contribution in [0, 0.1) is 20.8 Å². The van der Waals surface area contributed by atoms with E-state index in [9.17, 15) is 0 Å². The monoisotopic (exact) mass is 357 g/mol. The van der Waals surface area contributed by atoms with Gasteiger partial charge in [0.05, 0.1) is 0 Å². The van der Waals surface area contributed by atoms with Gasteiger partial charge >= 0.3 is 0 Å². The number of anilines is 1. The second-order valence-corrected chi connectivity index (χ2v) is 6.71. The van der Waals surface area contributed by atoms with Crippen LogP contribution in [0.15, 0.2) is 61.8 Å². The molecular formula is C24H27N3. The standard InChI is InChI=1S/C24H27N3/c1-7-22-18(4)27(21-14-12-17(3)13-15-21)20(6)24(22)19(5)26(8-2)23-11-9-10-16-25-23/h7,9-16H,1,5,8H2,2-4,6H3. The first kappa shape index (κ1) is 18.7. The number of aryl methyl sites for hydroxylation is 1. The maximum Gasteiger partial charge on any atom is 0.132 e. The minimum absolute atomic E-state index is 0.792. The lowest BCUT2D eigenvalue weighted by atomic mass is 10.1. The minimum atomic E-state index is 0.792. The SMILES string of the molecule is C=Cc1c(C(=C)N(CC)c2ccccn2)c(C)n(-c2ccc(C)cc2)c1C. The van der Waals surface area contributed by atoms with Gasteiger partial charge in [-0.3, -0.25) is 0 Å². The van der Waals surface area contributed by atoms with Crippen LogP contribution in [0.5, 0.6) is 0 Å². The predicted molar refractivity (Wildman–Crippen MR) is 116 cm³/mol. The Hall–Kier alpha value is -3.07. The van der Waals surface area contributed by atoms with E-state index >= 15 is 0 Å². The van der Waals surface area contributed by atoms with E-state index in [1.54, 1.807) is 0 Å². The molecule has 0 aliphatic heterocycles. The van der Waals surface area contributed by atoms with Gasteiger partial charge in [0.25, 0.3) is 0 Å². The number of nitrogens with zero attached hydrogens (tertiary/aromatic N) is 3. The topological polar surface area (TPSA) is 21.1 Å². The molecule has 0 saturated heterocycles. The molecule has 0 amide bonds. The molecule has 1 aromatic carbocycles. The van der Waals surface area contributed by atoms with Gasteiger partial charge in [0.1, 0.15) is 5.82 Å². The van der Waals surface area contributed by atoms with Crippen LogP contribution in [0.2, 0.25) is 0 Å². The van der Waals surface area contributed by atoms with Crippen LogP contribution in [-0.4, -0.2) is 16.1 Å². The minimum Gasteiger partial charge on any atom is -0.327 e. The quantitative estimate of drug-likeness (QED) is 0.544. The van der Waals surface area contributed by atoms with Gasteiger partial charge in [-0.1, -0.05) is 43.0 Å². The summed E-state index contributed by atoms with van der Waals surface area (Å²) in [5.41, 5.74) is 7.91. The zero-order valence-corrected chi connectivity index (χ0v) is 16.7. The largest absolute Gasteiger partial charge is 0.327 e. The second kappa shape index (κ2) is 7.67. The lowest BCUT2D eigenvalue weighted by Crippen LogP contribution is -2.22. The number of pyridine rings is 1. The molecule has 3 nitrogen and oxygen atoms in total. The summed E-state index contributed by atoms with van der Waals surface area (Å²) in [6, 6.07) is 14.5. The molecule has 0 atom stereocenters. The van der Waals surface area contributed by atoms with Crippen molar-refractivity contribution in [2.24, 2.45) is 0 Å². The van der Waals surface area contributed by atoms with Crippen molar-refractivity contribution in [3.63, 3.8) is 0 Å². The van der Waals surface area contributed by atoms with Crippen LogP contribution in [0.25, 0.3) is 17.5 Å². The van der Waals surface area contributed by atoms with E-state index in [-0.39, 0.29) is 0 Å². The molecule has 0 saturated carbocycles. The van der Waals surface area contributed by atoms with Crippen molar-refractivity contribution in [1.82, 2.24) is 9.55 Å². The van der Waals surface area contributed by atoms with E-state index in [0.717, 1.165) is 40.6 Å². The highest BCUT2D eigenvalue weighted by atomic mass is 15.2. The lowest BCUT2D eigenvalue weighted by molar-refractivity contribution is 0.956. The first-order chi connectivity index (χ1) is 13.0. The molecule has 0 aliphatic carbocycles. The molecule has 27 heavy (non-hydrogen) atoms. The fraction of sp³-hybridized carbons (Fsp3) is 0.208. The van der Waals surface area contributed by atoms with Crippen molar-refractivity contribution in [1.29, 1.82) is 0 Å². The Morgan fingerprint density at radius 2 is 1.78 bits per heavy atom. The highest BCUT2D eigenvalue weighted by Gasteiger charge is 2.22. The third-order valence-electron chi connectivity index (χ3n) is 5.04. The van der Waals surface area contributed by atoms with Crippen molar-refractivity contribution in [2.45, 2.75) is 27.7 Å². The number of rotatable bonds is 6. The average molecular weight is 358 g/mol. The number of hydrogen-bond donors (Lipinski definition) is 0. The Balaban J connectivity index is 2.15. The zero-order valence-electron chi connectivity index (χ0n) is 16.7. The van der Waals surface area contributed by atoms with Crippen LogP contribution in [0.4, 0.5) is 5.82 Å². The summed E-state index contributed by atoms with van der Waals surface area (Å²) in [5.74, 6) is 0.903. The van der Waals surface area contributed by atoms with E-state index in [1.807, 2.05) is 30.5 Å². The van der Waals surface area contributed by atoms with Crippen molar-refractivity contribution >= 4 is 17.6 Å². The van der Waals surface area contributed by atoms with Crippen LogP contribution in [-0.2, 0) is 0 Å². The normalized spacial score (nSPS) is 10.7. The predicted octanol–water partition coefficient (Wildman–Crippen LogP) is 5.94. The number of aromatic nitrogens is 2. The molecule has 2 heterocycles. The van der Waals surface area contributed by atoms with Gasteiger partial charge in [-0.15, -0.1) is 0 Å². The van der Waals surface area contributed by atoms with Crippen LogP contribution < -0.4 is 4.90 Å². The maximum absolute atomic E-state index is 4.51. The first-order valence-electron chi connectivity index (χ1n) is 9.28. The van der Waals surface area contributed by atoms with Crippen LogP contribution in [0.3, 0.4) is 0 Å². The molecule has 138 valence electrons. The fourth-order valence-corrected chi connectivity index (χ4v) is 3.69. The molecule has 0 spiro atoms. The molecule has 0 aliphatic rings. The molecule has 0 radical (unpaired) electrons. The van der Waals surface area contributed by atoms with Gasteiger partial charge in [0.2, 0.25) is 0 Å². The fourth-order valence-electron chi connectivity index (χ4n) is 3.69. The summed E-state index contributed by atoms with van der Waals surface area (Å²) in [7, 11) is 0. The van der Waals surface area contributed by atoms with Crippen molar-refractivity contribution in [2.75, 3.05) is 11.4 Å². The molecule has 0 unspecified atom stereocenters. The Morgan fingerprint density at radius 1 is 1.07 bits per heavy atom.